The van der Waals surface area contributed by atoms with Crippen molar-refractivity contribution in [3.05, 3.63) is 150 Å². The van der Waals surface area contributed by atoms with Gasteiger partial charge >= 0.3 is 0 Å². The van der Waals surface area contributed by atoms with Crippen LogP contribution in [0.1, 0.15) is 41.3 Å². The summed E-state index contributed by atoms with van der Waals surface area (Å²) in [6.45, 7) is 0. The lowest BCUT2D eigenvalue weighted by atomic mass is 9.75. The molecule has 1 heteroatoms. The van der Waals surface area contributed by atoms with Gasteiger partial charge in [-0.15, -0.1) is 0 Å². The highest BCUT2D eigenvalue weighted by Gasteiger charge is 2.28. The molecule has 2 atom stereocenters. The molecule has 0 N–H and O–H groups in total. The van der Waals surface area contributed by atoms with E-state index in [1.54, 1.807) is 12.1 Å². The van der Waals surface area contributed by atoms with Crippen LogP contribution in [0.5, 0.6) is 0 Å². The van der Waals surface area contributed by atoms with Crippen LogP contribution in [0.25, 0.3) is 71.2 Å². The van der Waals surface area contributed by atoms with Crippen molar-refractivity contribution in [1.82, 2.24) is 0 Å². The van der Waals surface area contributed by atoms with Crippen LogP contribution in [0, 0.1) is 0 Å². The van der Waals surface area contributed by atoms with Gasteiger partial charge in [-0.1, -0.05) is 115 Å². The normalized spacial score (nSPS) is 22.0. The summed E-state index contributed by atoms with van der Waals surface area (Å²) in [7, 11) is 0. The average molecular weight is 532 g/mol. The maximum absolute atomic E-state index is 10.4. The van der Waals surface area contributed by atoms with Crippen LogP contribution in [0.2, 0.25) is 0 Å². The fraction of sp³-hybridized carbons (Fsp3) is 0.0500. The monoisotopic (exact) mass is 531 g/mol. The molecule has 8 aromatic rings. The molecule has 192 valence electrons. The second-order valence-corrected chi connectivity index (χ2v) is 10.3. The van der Waals surface area contributed by atoms with Crippen molar-refractivity contribution >= 4 is 60.1 Å². The Balaban J connectivity index is 1.52. The minimum Gasteiger partial charge on any atom is -0.463 e. The first kappa shape index (κ1) is 15.6. The molecule has 0 radical (unpaired) electrons. The van der Waals surface area contributed by atoms with Gasteiger partial charge in [0.1, 0.15) is 5.58 Å². The first-order valence-electron chi connectivity index (χ1n) is 18.1. The van der Waals surface area contributed by atoms with E-state index < -0.39 is 48.6 Å². The molecule has 0 saturated heterocycles. The molecule has 2 unspecified atom stereocenters. The Morgan fingerprint density at radius 2 is 1.44 bits per heavy atom. The van der Waals surface area contributed by atoms with E-state index in [1.165, 1.54) is 6.26 Å². The van der Waals surface area contributed by atoms with Gasteiger partial charge in [-0.2, -0.15) is 0 Å². The fourth-order valence-electron chi connectivity index (χ4n) is 6.36. The Bertz CT molecular complexity index is 2830. The molecule has 1 aliphatic rings. The summed E-state index contributed by atoms with van der Waals surface area (Å²) in [5.41, 5.74) is 1.48. The van der Waals surface area contributed by atoms with Crippen molar-refractivity contribution in [2.75, 3.05) is 0 Å². The quantitative estimate of drug-likeness (QED) is 0.202. The van der Waals surface area contributed by atoms with Crippen molar-refractivity contribution < 1.29 is 16.8 Å². The molecule has 0 aliphatic heterocycles. The molecule has 0 spiro atoms. The molecule has 7 aromatic carbocycles. The van der Waals surface area contributed by atoms with Gasteiger partial charge in [-0.05, 0) is 84.5 Å². The molecule has 0 saturated carbocycles. The summed E-state index contributed by atoms with van der Waals surface area (Å²) >= 11 is 0. The average Bonchev–Trinajstić information content (AvgIpc) is 3.58. The van der Waals surface area contributed by atoms with Crippen LogP contribution in [0.15, 0.2) is 138 Å². The van der Waals surface area contributed by atoms with E-state index in [9.17, 15) is 5.48 Å². The van der Waals surface area contributed by atoms with E-state index in [4.69, 9.17) is 11.3 Å². The van der Waals surface area contributed by atoms with Crippen molar-refractivity contribution in [3.63, 3.8) is 0 Å². The molecular weight excluding hydrogens is 496 g/mol. The standard InChI is InChI=1S/C40H26O/c1-4-14-29-25(9-1)12-7-17-32(29)34-18-8-13-28-23-27-11-3-6-16-31(27)39(38(28)34)37-24-41-40-35-20-19-26-10-2-5-15-30(26)33(35)21-22-36(37)40/h1-17,19-24,34H,18H2/i3D,6D,8D,11D,13D,16D,18D,23D,34D. The maximum Gasteiger partial charge on any atom is 0.142 e. The lowest BCUT2D eigenvalue weighted by molar-refractivity contribution is 0.620. The van der Waals surface area contributed by atoms with Crippen LogP contribution in [0.4, 0.5) is 0 Å². The molecular formula is C40H26O. The predicted molar refractivity (Wildman–Crippen MR) is 174 cm³/mol. The second kappa shape index (κ2) is 8.68. The first-order valence-corrected chi connectivity index (χ1v) is 13.5. The minimum atomic E-state index is -2.08. The molecule has 41 heavy (non-hydrogen) atoms. The van der Waals surface area contributed by atoms with Crippen LogP contribution in [-0.2, 0) is 0 Å². The van der Waals surface area contributed by atoms with Crippen molar-refractivity contribution in [2.45, 2.75) is 12.3 Å². The summed E-state index contributed by atoms with van der Waals surface area (Å²) in [4.78, 5) is 0. The largest absolute Gasteiger partial charge is 0.463 e. The zero-order valence-electron chi connectivity index (χ0n) is 30.7. The highest BCUT2D eigenvalue weighted by atomic mass is 16.3. The molecule has 0 amide bonds. The van der Waals surface area contributed by atoms with Crippen LogP contribution in [-0.4, -0.2) is 0 Å². The lowest BCUT2D eigenvalue weighted by Crippen LogP contribution is -2.09. The molecule has 1 aliphatic carbocycles. The van der Waals surface area contributed by atoms with Gasteiger partial charge < -0.3 is 4.42 Å². The summed E-state index contributed by atoms with van der Waals surface area (Å²) < 4.78 is 89.0. The maximum atomic E-state index is 10.4. The Morgan fingerprint density at radius 3 is 2.37 bits per heavy atom. The van der Waals surface area contributed by atoms with Crippen LogP contribution in [0.3, 0.4) is 0 Å². The van der Waals surface area contributed by atoms with E-state index in [0.29, 0.717) is 27.5 Å². The zero-order chi connectivity index (χ0) is 34.8. The zero-order valence-corrected chi connectivity index (χ0v) is 21.7. The molecule has 0 fully saturated rings. The Labute approximate surface area is 250 Å². The number of hydrogen-bond acceptors (Lipinski definition) is 1. The molecule has 0 bridgehead atoms. The first-order chi connectivity index (χ1) is 24.1. The number of fused-ring (bicyclic) bond motifs is 8. The molecule has 1 heterocycles. The van der Waals surface area contributed by atoms with Gasteiger partial charge in [0.05, 0.1) is 15.9 Å². The number of hydrogen-bond donors (Lipinski definition) is 0. The van der Waals surface area contributed by atoms with Gasteiger partial charge in [-0.3, -0.25) is 0 Å². The third-order valence-corrected chi connectivity index (χ3v) is 8.18. The number of allylic oxidation sites excluding steroid dienone is 1. The highest BCUT2D eigenvalue weighted by Crippen LogP contribution is 2.48. The SMILES string of the molecule is [2H]C1=C([2H])C([2H])C([2H])(c2cccc3ccccc23)c2c1c([2H])c1c([2H])c([2H])c([2H])c([2H])c1c2-c1coc2c1ccc1c3ccccc3ccc12. The second-order valence-electron chi connectivity index (χ2n) is 10.3. The van der Waals surface area contributed by atoms with E-state index in [0.717, 1.165) is 26.9 Å². The van der Waals surface area contributed by atoms with Gasteiger partial charge in [0, 0.05) is 25.0 Å². The Kier molecular flexibility index (Phi) is 3.30. The topological polar surface area (TPSA) is 13.1 Å². The van der Waals surface area contributed by atoms with Gasteiger partial charge in [0.2, 0.25) is 0 Å². The molecule has 1 nitrogen and oxygen atoms in total. The summed E-state index contributed by atoms with van der Waals surface area (Å²) in [6, 6.07) is 25.6. The molecule has 1 aromatic heterocycles. The van der Waals surface area contributed by atoms with Gasteiger partial charge in [0.15, 0.2) is 0 Å². The third-order valence-electron chi connectivity index (χ3n) is 8.18. The number of furan rings is 1. The van der Waals surface area contributed by atoms with Crippen LogP contribution < -0.4 is 0 Å². The van der Waals surface area contributed by atoms with Crippen molar-refractivity contribution in [1.29, 1.82) is 0 Å². The van der Waals surface area contributed by atoms with E-state index in [1.807, 2.05) is 78.9 Å². The summed E-state index contributed by atoms with van der Waals surface area (Å²) in [5.74, 6) is -2.08. The van der Waals surface area contributed by atoms with Crippen LogP contribution >= 0.6 is 0 Å². The Morgan fingerprint density at radius 1 is 0.683 bits per heavy atom. The van der Waals surface area contributed by atoms with Gasteiger partial charge in [0.25, 0.3) is 0 Å². The molecule has 9 rings (SSSR count). The fourth-order valence-corrected chi connectivity index (χ4v) is 6.36. The lowest BCUT2D eigenvalue weighted by Gasteiger charge is -2.28. The van der Waals surface area contributed by atoms with E-state index in [-0.39, 0.29) is 33.5 Å². The summed E-state index contributed by atoms with van der Waals surface area (Å²) in [6.07, 6.45) is -0.101. The van der Waals surface area contributed by atoms with E-state index in [2.05, 4.69) is 0 Å². The number of benzene rings is 7. The van der Waals surface area contributed by atoms with Crippen molar-refractivity contribution in [3.8, 4) is 11.1 Å². The predicted octanol–water partition coefficient (Wildman–Crippen LogP) is 11.3. The highest BCUT2D eigenvalue weighted by molar-refractivity contribution is 6.19. The Hall–Kier alpha value is -5.14. The van der Waals surface area contributed by atoms with E-state index >= 15 is 0 Å². The summed E-state index contributed by atoms with van der Waals surface area (Å²) in [5, 5.41) is 5.84. The minimum absolute atomic E-state index is 0.00588. The third kappa shape index (κ3) is 3.30. The van der Waals surface area contributed by atoms with Gasteiger partial charge in [-0.25, -0.2) is 0 Å². The smallest absolute Gasteiger partial charge is 0.142 e. The van der Waals surface area contributed by atoms with Crippen molar-refractivity contribution in [2.24, 2.45) is 0 Å². The number of rotatable bonds is 2.